The third-order valence-electron chi connectivity index (χ3n) is 2.15. The fraction of sp³-hybridized carbons (Fsp3) is 0.500. The van der Waals surface area contributed by atoms with Gasteiger partial charge in [-0.15, -0.1) is 11.8 Å². The second kappa shape index (κ2) is 8.07. The van der Waals surface area contributed by atoms with Crippen LogP contribution in [-0.2, 0) is 0 Å². The topological polar surface area (TPSA) is 0 Å². The number of hydrogen-bond donors (Lipinski definition) is 0. The van der Waals surface area contributed by atoms with Gasteiger partial charge in [-0.2, -0.15) is 0 Å². The molecule has 0 aliphatic rings. The molecule has 90 valence electrons. The molecule has 0 amide bonds. The first-order valence-electron chi connectivity index (χ1n) is 5.31. The number of hydrogen-bond acceptors (Lipinski definition) is 1. The molecule has 0 saturated heterocycles. The minimum atomic E-state index is -0.769. The Bertz CT molecular complexity index is 290. The summed E-state index contributed by atoms with van der Waals surface area (Å²) in [4.78, 5) is 0.921. The van der Waals surface area contributed by atoms with E-state index in [1.165, 1.54) is 23.9 Å². The van der Waals surface area contributed by atoms with Crippen molar-refractivity contribution in [3.05, 3.63) is 30.1 Å². The Morgan fingerprint density at radius 1 is 1.19 bits per heavy atom. The Morgan fingerprint density at radius 3 is 2.50 bits per heavy atom. The summed E-state index contributed by atoms with van der Waals surface area (Å²) in [6.45, 7) is 0. The Kier molecular flexibility index (Phi) is 7.05. The normalized spacial score (nSPS) is 12.7. The van der Waals surface area contributed by atoms with Crippen molar-refractivity contribution >= 4 is 27.7 Å². The van der Waals surface area contributed by atoms with Crippen molar-refractivity contribution in [1.29, 1.82) is 0 Å². The quantitative estimate of drug-likeness (QED) is 0.395. The molecular weight excluding hydrogens is 294 g/mol. The standard InChI is InChI=1S/C12H15BrF2S/c13-8-2-1-3-11(15)9-16-12-6-4-10(14)5-7-12/h4-7,11H,1-3,8-9H2. The van der Waals surface area contributed by atoms with E-state index in [0.717, 1.165) is 23.1 Å². The molecule has 1 atom stereocenters. The van der Waals surface area contributed by atoms with Gasteiger partial charge < -0.3 is 0 Å². The third-order valence-corrected chi connectivity index (χ3v) is 3.84. The molecule has 16 heavy (non-hydrogen) atoms. The smallest absolute Gasteiger partial charge is 0.123 e. The number of thioether (sulfide) groups is 1. The van der Waals surface area contributed by atoms with Crippen molar-refractivity contribution in [2.75, 3.05) is 11.1 Å². The maximum absolute atomic E-state index is 13.4. The second-order valence-electron chi connectivity index (χ2n) is 3.55. The molecule has 1 aromatic carbocycles. The van der Waals surface area contributed by atoms with Gasteiger partial charge in [0.05, 0.1) is 0 Å². The van der Waals surface area contributed by atoms with Crippen LogP contribution in [0.4, 0.5) is 8.78 Å². The molecule has 0 fully saturated rings. The highest BCUT2D eigenvalue weighted by Crippen LogP contribution is 2.21. The number of rotatable bonds is 7. The Labute approximate surface area is 108 Å². The SMILES string of the molecule is Fc1ccc(SCC(F)CCCCBr)cc1. The largest absolute Gasteiger partial charge is 0.247 e. The average Bonchev–Trinajstić information content (AvgIpc) is 2.29. The first-order chi connectivity index (χ1) is 7.72. The lowest BCUT2D eigenvalue weighted by Gasteiger charge is -2.07. The van der Waals surface area contributed by atoms with Crippen molar-refractivity contribution < 1.29 is 8.78 Å². The fourth-order valence-electron chi connectivity index (χ4n) is 1.26. The molecule has 0 aliphatic heterocycles. The van der Waals surface area contributed by atoms with Crippen LogP contribution >= 0.6 is 27.7 Å². The highest BCUT2D eigenvalue weighted by atomic mass is 79.9. The van der Waals surface area contributed by atoms with Crippen LogP contribution in [0, 0.1) is 5.82 Å². The average molecular weight is 309 g/mol. The van der Waals surface area contributed by atoms with Gasteiger partial charge in [0.2, 0.25) is 0 Å². The van der Waals surface area contributed by atoms with E-state index in [-0.39, 0.29) is 5.82 Å². The zero-order valence-electron chi connectivity index (χ0n) is 8.96. The van der Waals surface area contributed by atoms with Crippen LogP contribution in [0.15, 0.2) is 29.2 Å². The maximum Gasteiger partial charge on any atom is 0.123 e. The zero-order chi connectivity index (χ0) is 11.8. The Hall–Kier alpha value is -0.0900. The predicted octanol–water partition coefficient (Wildman–Crippen LogP) is 4.82. The molecule has 0 radical (unpaired) electrons. The van der Waals surface area contributed by atoms with E-state index in [4.69, 9.17) is 0 Å². The van der Waals surface area contributed by atoms with Crippen LogP contribution < -0.4 is 0 Å². The monoisotopic (exact) mass is 308 g/mol. The zero-order valence-corrected chi connectivity index (χ0v) is 11.4. The van der Waals surface area contributed by atoms with Gasteiger partial charge in [0.15, 0.2) is 0 Å². The lowest BCUT2D eigenvalue weighted by atomic mass is 10.2. The van der Waals surface area contributed by atoms with E-state index in [2.05, 4.69) is 15.9 Å². The van der Waals surface area contributed by atoms with Gasteiger partial charge in [-0.1, -0.05) is 15.9 Å². The first-order valence-corrected chi connectivity index (χ1v) is 7.41. The molecule has 0 aromatic heterocycles. The number of benzene rings is 1. The molecule has 0 spiro atoms. The summed E-state index contributed by atoms with van der Waals surface area (Å²) in [5.41, 5.74) is 0. The molecule has 0 heterocycles. The number of alkyl halides is 2. The molecule has 0 aliphatic carbocycles. The van der Waals surface area contributed by atoms with E-state index in [0.29, 0.717) is 12.2 Å². The van der Waals surface area contributed by atoms with Gasteiger partial charge in [0, 0.05) is 16.0 Å². The highest BCUT2D eigenvalue weighted by molar-refractivity contribution is 9.09. The molecule has 0 N–H and O–H groups in total. The molecule has 0 saturated carbocycles. The molecule has 4 heteroatoms. The summed E-state index contributed by atoms with van der Waals surface area (Å²) in [5.74, 6) is 0.201. The minimum absolute atomic E-state index is 0.251. The second-order valence-corrected chi connectivity index (χ2v) is 5.43. The van der Waals surface area contributed by atoms with Crippen molar-refractivity contribution in [2.24, 2.45) is 0 Å². The van der Waals surface area contributed by atoms with E-state index >= 15 is 0 Å². The van der Waals surface area contributed by atoms with E-state index in [1.807, 2.05) is 0 Å². The number of unbranched alkanes of at least 4 members (excludes halogenated alkanes) is 1. The summed E-state index contributed by atoms with van der Waals surface area (Å²) < 4.78 is 26.0. The molecule has 1 unspecified atom stereocenters. The van der Waals surface area contributed by atoms with Crippen LogP contribution in [0.2, 0.25) is 0 Å². The molecule has 0 bridgehead atoms. The van der Waals surface area contributed by atoms with Crippen LogP contribution in [0.1, 0.15) is 19.3 Å². The molecular formula is C12H15BrF2S. The van der Waals surface area contributed by atoms with E-state index in [1.54, 1.807) is 12.1 Å². The predicted molar refractivity (Wildman–Crippen MR) is 69.7 cm³/mol. The lowest BCUT2D eigenvalue weighted by molar-refractivity contribution is 0.339. The van der Waals surface area contributed by atoms with Gasteiger partial charge in [-0.25, -0.2) is 8.78 Å². The van der Waals surface area contributed by atoms with Crippen LogP contribution in [0.5, 0.6) is 0 Å². The fourth-order valence-corrected chi connectivity index (χ4v) is 2.53. The summed E-state index contributed by atoms with van der Waals surface area (Å²) in [6.07, 6.45) is 1.77. The minimum Gasteiger partial charge on any atom is -0.247 e. The van der Waals surface area contributed by atoms with Gasteiger partial charge in [0.1, 0.15) is 12.0 Å². The van der Waals surface area contributed by atoms with Crippen LogP contribution in [-0.4, -0.2) is 17.3 Å². The van der Waals surface area contributed by atoms with E-state index in [9.17, 15) is 8.78 Å². The van der Waals surface area contributed by atoms with Crippen LogP contribution in [0.3, 0.4) is 0 Å². The molecule has 1 aromatic rings. The van der Waals surface area contributed by atoms with Crippen molar-refractivity contribution in [3.8, 4) is 0 Å². The number of halogens is 3. The summed E-state index contributed by atoms with van der Waals surface area (Å²) in [7, 11) is 0. The van der Waals surface area contributed by atoms with Gasteiger partial charge in [0.25, 0.3) is 0 Å². The summed E-state index contributed by atoms with van der Waals surface area (Å²) in [5, 5.41) is 0.935. The molecule has 1 rings (SSSR count). The van der Waals surface area contributed by atoms with E-state index < -0.39 is 6.17 Å². The van der Waals surface area contributed by atoms with Gasteiger partial charge >= 0.3 is 0 Å². The Morgan fingerprint density at radius 2 is 1.88 bits per heavy atom. The Balaban J connectivity index is 2.20. The third kappa shape index (κ3) is 5.85. The first kappa shape index (κ1) is 14.0. The highest BCUT2D eigenvalue weighted by Gasteiger charge is 2.06. The van der Waals surface area contributed by atoms with Gasteiger partial charge in [-0.3, -0.25) is 0 Å². The van der Waals surface area contributed by atoms with Crippen molar-refractivity contribution in [2.45, 2.75) is 30.3 Å². The van der Waals surface area contributed by atoms with Crippen molar-refractivity contribution in [3.63, 3.8) is 0 Å². The van der Waals surface area contributed by atoms with Crippen LogP contribution in [0.25, 0.3) is 0 Å². The summed E-state index contributed by atoms with van der Waals surface area (Å²) >= 11 is 4.76. The van der Waals surface area contributed by atoms with Gasteiger partial charge in [-0.05, 0) is 43.5 Å². The van der Waals surface area contributed by atoms with Crippen molar-refractivity contribution in [1.82, 2.24) is 0 Å². The molecule has 0 nitrogen and oxygen atoms in total. The lowest BCUT2D eigenvalue weighted by Crippen LogP contribution is -2.03. The maximum atomic E-state index is 13.4. The summed E-state index contributed by atoms with van der Waals surface area (Å²) in [6, 6.07) is 6.18.